The number of amides is 4. The number of hydrogen-bond donors (Lipinski definition) is 4. The van der Waals surface area contributed by atoms with Crippen LogP contribution in [0.1, 0.15) is 51.9 Å². The van der Waals surface area contributed by atoms with Crippen molar-refractivity contribution < 1.29 is 14.4 Å². The predicted molar refractivity (Wildman–Crippen MR) is 79.4 cm³/mol. The summed E-state index contributed by atoms with van der Waals surface area (Å²) in [5.74, 6) is -0.802. The van der Waals surface area contributed by atoms with Crippen molar-refractivity contribution in [1.82, 2.24) is 16.0 Å². The Labute approximate surface area is 125 Å². The Morgan fingerprint density at radius 3 is 2.48 bits per heavy atom. The highest BCUT2D eigenvalue weighted by Crippen LogP contribution is 2.17. The van der Waals surface area contributed by atoms with Gasteiger partial charge in [0.25, 0.3) is 0 Å². The molecule has 0 spiro atoms. The van der Waals surface area contributed by atoms with E-state index in [1.165, 1.54) is 26.2 Å². The van der Waals surface area contributed by atoms with Gasteiger partial charge in [0.05, 0.1) is 0 Å². The van der Waals surface area contributed by atoms with Crippen molar-refractivity contribution in [3.63, 3.8) is 0 Å². The summed E-state index contributed by atoms with van der Waals surface area (Å²) in [6.07, 6.45) is 6.45. The molecule has 0 aliphatic heterocycles. The molecule has 1 aliphatic rings. The predicted octanol–water partition coefficient (Wildman–Crippen LogP) is 0.389. The van der Waals surface area contributed by atoms with Gasteiger partial charge in [-0.2, -0.15) is 0 Å². The van der Waals surface area contributed by atoms with E-state index in [0.29, 0.717) is 13.0 Å². The Hall–Kier alpha value is -1.79. The summed E-state index contributed by atoms with van der Waals surface area (Å²) in [4.78, 5) is 33.9. The first-order valence-corrected chi connectivity index (χ1v) is 7.62. The molecule has 0 aromatic rings. The summed E-state index contributed by atoms with van der Waals surface area (Å²) >= 11 is 0. The van der Waals surface area contributed by atoms with Crippen LogP contribution in [0.3, 0.4) is 0 Å². The highest BCUT2D eigenvalue weighted by atomic mass is 16.2. The van der Waals surface area contributed by atoms with Crippen molar-refractivity contribution in [3.8, 4) is 0 Å². The standard InChI is InChI=1S/C14H26N4O3/c1-10(13(15)20)17-12(19)8-5-9-16-14(21)18-11-6-3-2-4-7-11/h10-11H,2-9H2,1H3,(H2,15,20)(H,17,19)(H2,16,18,21). The molecule has 0 radical (unpaired) electrons. The number of urea groups is 1. The highest BCUT2D eigenvalue weighted by Gasteiger charge is 2.15. The van der Waals surface area contributed by atoms with Gasteiger partial charge in [0, 0.05) is 19.0 Å². The van der Waals surface area contributed by atoms with E-state index in [1.54, 1.807) is 0 Å². The van der Waals surface area contributed by atoms with Crippen LogP contribution >= 0.6 is 0 Å². The minimum absolute atomic E-state index is 0.173. The molecule has 0 saturated heterocycles. The van der Waals surface area contributed by atoms with Crippen molar-refractivity contribution in [2.45, 2.75) is 64.0 Å². The zero-order valence-electron chi connectivity index (χ0n) is 12.6. The molecule has 1 atom stereocenters. The molecule has 1 fully saturated rings. The topological polar surface area (TPSA) is 113 Å². The average molecular weight is 298 g/mol. The second kappa shape index (κ2) is 9.20. The Morgan fingerprint density at radius 2 is 1.86 bits per heavy atom. The van der Waals surface area contributed by atoms with Crippen LogP contribution in [-0.2, 0) is 9.59 Å². The lowest BCUT2D eigenvalue weighted by molar-refractivity contribution is -0.127. The highest BCUT2D eigenvalue weighted by molar-refractivity contribution is 5.86. The van der Waals surface area contributed by atoms with Crippen molar-refractivity contribution in [3.05, 3.63) is 0 Å². The second-order valence-electron chi connectivity index (χ2n) is 5.53. The quantitative estimate of drug-likeness (QED) is 0.510. The monoisotopic (exact) mass is 298 g/mol. The summed E-state index contributed by atoms with van der Waals surface area (Å²) in [5, 5.41) is 8.17. The molecule has 1 rings (SSSR count). The lowest BCUT2D eigenvalue weighted by Gasteiger charge is -2.22. The lowest BCUT2D eigenvalue weighted by Crippen LogP contribution is -2.44. The van der Waals surface area contributed by atoms with Gasteiger partial charge in [0.1, 0.15) is 6.04 Å². The summed E-state index contributed by atoms with van der Waals surface area (Å²) in [6.45, 7) is 1.97. The van der Waals surface area contributed by atoms with Crippen molar-refractivity contribution >= 4 is 17.8 Å². The number of nitrogens with two attached hydrogens (primary N) is 1. The maximum absolute atomic E-state index is 11.6. The van der Waals surface area contributed by atoms with Gasteiger partial charge in [-0.3, -0.25) is 9.59 Å². The second-order valence-corrected chi connectivity index (χ2v) is 5.53. The van der Waals surface area contributed by atoms with Gasteiger partial charge in [-0.15, -0.1) is 0 Å². The molecule has 21 heavy (non-hydrogen) atoms. The molecule has 0 aromatic heterocycles. The molecule has 7 nitrogen and oxygen atoms in total. The summed E-state index contributed by atoms with van der Waals surface area (Å²) in [6, 6.07) is -0.564. The third-order valence-electron chi connectivity index (χ3n) is 3.61. The van der Waals surface area contributed by atoms with Crippen LogP contribution < -0.4 is 21.7 Å². The minimum atomic E-state index is -0.667. The summed E-state index contributed by atoms with van der Waals surface area (Å²) < 4.78 is 0. The summed E-state index contributed by atoms with van der Waals surface area (Å²) in [5.41, 5.74) is 5.05. The van der Waals surface area contributed by atoms with E-state index < -0.39 is 11.9 Å². The number of nitrogens with one attached hydrogen (secondary N) is 3. The largest absolute Gasteiger partial charge is 0.368 e. The molecular formula is C14H26N4O3. The van der Waals surface area contributed by atoms with E-state index in [2.05, 4.69) is 16.0 Å². The lowest BCUT2D eigenvalue weighted by atomic mass is 9.96. The fourth-order valence-electron chi connectivity index (χ4n) is 2.32. The van der Waals surface area contributed by atoms with Crippen LogP contribution in [0.5, 0.6) is 0 Å². The third kappa shape index (κ3) is 7.53. The maximum atomic E-state index is 11.6. The van der Waals surface area contributed by atoms with Crippen molar-refractivity contribution in [1.29, 1.82) is 0 Å². The van der Waals surface area contributed by atoms with E-state index in [1.807, 2.05) is 0 Å². The Kier molecular flexibility index (Phi) is 7.56. The van der Waals surface area contributed by atoms with Gasteiger partial charge in [-0.25, -0.2) is 4.79 Å². The molecule has 0 heterocycles. The fourth-order valence-corrected chi connectivity index (χ4v) is 2.32. The molecule has 1 unspecified atom stereocenters. The SMILES string of the molecule is CC(NC(=O)CCCNC(=O)NC1CCCCC1)C(N)=O. The molecule has 0 bridgehead atoms. The zero-order chi connectivity index (χ0) is 15.7. The molecule has 5 N–H and O–H groups in total. The number of carbonyl (C=O) groups is 3. The zero-order valence-corrected chi connectivity index (χ0v) is 12.6. The van der Waals surface area contributed by atoms with Crippen LogP contribution in [0.2, 0.25) is 0 Å². The molecule has 1 aliphatic carbocycles. The minimum Gasteiger partial charge on any atom is -0.368 e. The van der Waals surface area contributed by atoms with Crippen molar-refractivity contribution in [2.24, 2.45) is 5.73 Å². The van der Waals surface area contributed by atoms with Crippen LogP contribution in [0.4, 0.5) is 4.79 Å². The third-order valence-corrected chi connectivity index (χ3v) is 3.61. The van der Waals surface area contributed by atoms with E-state index >= 15 is 0 Å². The van der Waals surface area contributed by atoms with Crippen LogP contribution in [0, 0.1) is 0 Å². The fraction of sp³-hybridized carbons (Fsp3) is 0.786. The van der Waals surface area contributed by atoms with Crippen LogP contribution in [0.25, 0.3) is 0 Å². The number of carbonyl (C=O) groups excluding carboxylic acids is 3. The van der Waals surface area contributed by atoms with Gasteiger partial charge in [-0.05, 0) is 26.2 Å². The van der Waals surface area contributed by atoms with Crippen LogP contribution in [-0.4, -0.2) is 36.5 Å². The van der Waals surface area contributed by atoms with Gasteiger partial charge in [0.15, 0.2) is 0 Å². The summed E-state index contributed by atoms with van der Waals surface area (Å²) in [7, 11) is 0. The normalized spacial score (nSPS) is 16.8. The Morgan fingerprint density at radius 1 is 1.19 bits per heavy atom. The Balaban J connectivity index is 2.06. The van der Waals surface area contributed by atoms with Gasteiger partial charge < -0.3 is 21.7 Å². The molecule has 0 aromatic carbocycles. The number of primary amides is 1. The number of hydrogen-bond acceptors (Lipinski definition) is 3. The smallest absolute Gasteiger partial charge is 0.315 e. The van der Waals surface area contributed by atoms with Gasteiger partial charge in [0.2, 0.25) is 11.8 Å². The van der Waals surface area contributed by atoms with E-state index in [0.717, 1.165) is 12.8 Å². The van der Waals surface area contributed by atoms with E-state index in [4.69, 9.17) is 5.73 Å². The molecule has 7 heteroatoms. The van der Waals surface area contributed by atoms with E-state index in [-0.39, 0.29) is 24.4 Å². The molecule has 4 amide bonds. The van der Waals surface area contributed by atoms with Crippen molar-refractivity contribution in [2.75, 3.05) is 6.54 Å². The Bertz CT molecular complexity index is 367. The number of rotatable bonds is 7. The molecule has 120 valence electrons. The molecular weight excluding hydrogens is 272 g/mol. The van der Waals surface area contributed by atoms with Gasteiger partial charge >= 0.3 is 6.03 Å². The first kappa shape index (κ1) is 17.3. The van der Waals surface area contributed by atoms with Gasteiger partial charge in [-0.1, -0.05) is 19.3 Å². The van der Waals surface area contributed by atoms with Crippen LogP contribution in [0.15, 0.2) is 0 Å². The van der Waals surface area contributed by atoms with E-state index in [9.17, 15) is 14.4 Å². The average Bonchev–Trinajstić information content (AvgIpc) is 2.44. The first-order chi connectivity index (χ1) is 9.99. The maximum Gasteiger partial charge on any atom is 0.315 e. The first-order valence-electron chi connectivity index (χ1n) is 7.62. The molecule has 1 saturated carbocycles.